The number of nitrogens with zero attached hydrogens (tertiary/aromatic N) is 3. The molecular weight excluding hydrogens is 679 g/mol. The first-order valence-corrected chi connectivity index (χ1v) is 21.8. The molecule has 8 bridgehead atoms. The van der Waals surface area contributed by atoms with Crippen LogP contribution in [0.2, 0.25) is 0 Å². The van der Waals surface area contributed by atoms with Crippen LogP contribution in [-0.4, -0.2) is 15.0 Å². The lowest BCUT2D eigenvalue weighted by Gasteiger charge is -2.57. The summed E-state index contributed by atoms with van der Waals surface area (Å²) in [6.07, 6.45) is 17.2. The average Bonchev–Trinajstić information content (AvgIpc) is 3.23. The van der Waals surface area contributed by atoms with E-state index in [-0.39, 0.29) is 0 Å². The first-order chi connectivity index (χ1) is 27.5. The van der Waals surface area contributed by atoms with Crippen LogP contribution in [0.5, 0.6) is 0 Å². The van der Waals surface area contributed by atoms with Crippen LogP contribution in [-0.2, 0) is 10.8 Å². The highest BCUT2D eigenvalue weighted by Crippen LogP contribution is 2.62. The molecule has 278 valence electrons. The van der Waals surface area contributed by atoms with E-state index in [1.54, 1.807) is 11.1 Å². The average molecular weight is 730 g/mol. The van der Waals surface area contributed by atoms with Gasteiger partial charge in [0.2, 0.25) is 0 Å². The third kappa shape index (κ3) is 5.71. The summed E-state index contributed by atoms with van der Waals surface area (Å²) in [6.45, 7) is 0. The van der Waals surface area contributed by atoms with Crippen molar-refractivity contribution in [3.8, 4) is 56.4 Å². The maximum atomic E-state index is 5.19. The van der Waals surface area contributed by atoms with Crippen LogP contribution >= 0.6 is 0 Å². The van der Waals surface area contributed by atoms with Crippen molar-refractivity contribution in [1.29, 1.82) is 0 Å². The topological polar surface area (TPSA) is 38.7 Å². The van der Waals surface area contributed by atoms with Crippen LogP contribution in [0.15, 0.2) is 127 Å². The standard InChI is InChI=1S/C53H51N3/c1-3-7-42(8-4-1)49-54-50(43-9-5-2-6-10-43)56-51(55-49)46-26-44(40-11-15-47(16-12-40)52-28-34-19-35(29-52)21-36(20-34)30-52)25-45(27-46)41-13-17-48(18-14-41)53-31-37-22-38(32-53)24-39(23-37)33-53/h1-18,25-27,34-39H,19-24,28-33H2. The Bertz CT molecular complexity index is 2180. The van der Waals surface area contributed by atoms with Crippen molar-refractivity contribution in [2.24, 2.45) is 35.5 Å². The second-order valence-corrected chi connectivity index (χ2v) is 19.4. The van der Waals surface area contributed by atoms with E-state index in [1.165, 1.54) is 99.3 Å². The zero-order valence-corrected chi connectivity index (χ0v) is 32.4. The Labute approximate surface area is 332 Å². The van der Waals surface area contributed by atoms with Gasteiger partial charge in [-0.3, -0.25) is 0 Å². The van der Waals surface area contributed by atoms with Gasteiger partial charge >= 0.3 is 0 Å². The van der Waals surface area contributed by atoms with Crippen molar-refractivity contribution in [3.63, 3.8) is 0 Å². The Morgan fingerprint density at radius 1 is 0.304 bits per heavy atom. The van der Waals surface area contributed by atoms with E-state index in [2.05, 4.69) is 115 Å². The van der Waals surface area contributed by atoms with E-state index in [0.717, 1.165) is 52.2 Å². The second-order valence-electron chi connectivity index (χ2n) is 19.4. The molecule has 6 aromatic rings. The molecule has 3 nitrogen and oxygen atoms in total. The van der Waals surface area contributed by atoms with Gasteiger partial charge in [-0.2, -0.15) is 0 Å². The predicted octanol–water partition coefficient (Wildman–Crippen LogP) is 13.1. The van der Waals surface area contributed by atoms with Crippen LogP contribution in [0.3, 0.4) is 0 Å². The van der Waals surface area contributed by atoms with Gasteiger partial charge in [0, 0.05) is 16.7 Å². The minimum Gasteiger partial charge on any atom is -0.208 e. The van der Waals surface area contributed by atoms with Gasteiger partial charge in [0.25, 0.3) is 0 Å². The lowest BCUT2D eigenvalue weighted by Crippen LogP contribution is -2.48. The van der Waals surface area contributed by atoms with E-state index >= 15 is 0 Å². The molecule has 0 N–H and O–H groups in total. The molecule has 0 saturated heterocycles. The molecule has 3 heteroatoms. The lowest BCUT2D eigenvalue weighted by atomic mass is 9.48. The monoisotopic (exact) mass is 729 g/mol. The van der Waals surface area contributed by atoms with Gasteiger partial charge in [0.05, 0.1) is 0 Å². The van der Waals surface area contributed by atoms with Crippen LogP contribution in [0.1, 0.15) is 88.2 Å². The SMILES string of the molecule is c1ccc(-c2nc(-c3ccccc3)nc(-c3cc(-c4ccc(C56CC7CC(CC(C7)C5)C6)cc4)cc(-c4ccc(C56CC7CC(CC(C7)C5)C6)cc4)c3)n2)cc1. The van der Waals surface area contributed by atoms with Crippen molar-refractivity contribution in [3.05, 3.63) is 139 Å². The van der Waals surface area contributed by atoms with Crippen molar-refractivity contribution >= 4 is 0 Å². The third-order valence-electron chi connectivity index (χ3n) is 15.6. The molecule has 1 heterocycles. The fourth-order valence-electron chi connectivity index (χ4n) is 14.0. The van der Waals surface area contributed by atoms with E-state index in [0.29, 0.717) is 28.3 Å². The normalized spacial score (nSPS) is 30.9. The highest BCUT2D eigenvalue weighted by atomic mass is 15.0. The van der Waals surface area contributed by atoms with Gasteiger partial charge in [-0.05, 0) is 175 Å². The van der Waals surface area contributed by atoms with Gasteiger partial charge in [0.1, 0.15) is 0 Å². The van der Waals surface area contributed by atoms with Gasteiger partial charge in [-0.15, -0.1) is 0 Å². The molecule has 0 spiro atoms. The van der Waals surface area contributed by atoms with Gasteiger partial charge in [-0.1, -0.05) is 109 Å². The summed E-state index contributed by atoms with van der Waals surface area (Å²) < 4.78 is 0. The molecule has 14 rings (SSSR count). The summed E-state index contributed by atoms with van der Waals surface area (Å²) in [7, 11) is 0. The summed E-state index contributed by atoms with van der Waals surface area (Å²) in [4.78, 5) is 15.4. The van der Waals surface area contributed by atoms with E-state index < -0.39 is 0 Å². The largest absolute Gasteiger partial charge is 0.208 e. The number of benzene rings is 5. The molecule has 8 fully saturated rings. The van der Waals surface area contributed by atoms with Gasteiger partial charge in [0.15, 0.2) is 17.5 Å². The summed E-state index contributed by atoms with van der Waals surface area (Å²) in [6, 6.07) is 47.3. The van der Waals surface area contributed by atoms with Crippen LogP contribution in [0.25, 0.3) is 56.4 Å². The molecule has 8 aliphatic rings. The smallest absolute Gasteiger partial charge is 0.164 e. The van der Waals surface area contributed by atoms with E-state index in [1.807, 2.05) is 12.1 Å². The molecule has 56 heavy (non-hydrogen) atoms. The first-order valence-electron chi connectivity index (χ1n) is 21.8. The molecule has 5 aromatic carbocycles. The molecule has 8 aliphatic carbocycles. The fourth-order valence-corrected chi connectivity index (χ4v) is 14.0. The number of hydrogen-bond acceptors (Lipinski definition) is 3. The minimum absolute atomic E-state index is 0.394. The molecule has 0 aliphatic heterocycles. The van der Waals surface area contributed by atoms with E-state index in [4.69, 9.17) is 15.0 Å². The first kappa shape index (κ1) is 33.3. The maximum Gasteiger partial charge on any atom is 0.164 e. The Morgan fingerprint density at radius 3 is 0.946 bits per heavy atom. The van der Waals surface area contributed by atoms with Crippen LogP contribution in [0, 0.1) is 35.5 Å². The molecule has 8 saturated carbocycles. The zero-order chi connectivity index (χ0) is 36.8. The van der Waals surface area contributed by atoms with Gasteiger partial charge < -0.3 is 0 Å². The molecule has 0 atom stereocenters. The van der Waals surface area contributed by atoms with Crippen LogP contribution < -0.4 is 0 Å². The zero-order valence-electron chi connectivity index (χ0n) is 32.4. The van der Waals surface area contributed by atoms with Crippen molar-refractivity contribution in [2.45, 2.75) is 87.9 Å². The van der Waals surface area contributed by atoms with Crippen molar-refractivity contribution in [2.75, 3.05) is 0 Å². The minimum atomic E-state index is 0.394. The predicted molar refractivity (Wildman–Crippen MR) is 227 cm³/mol. The van der Waals surface area contributed by atoms with Gasteiger partial charge in [-0.25, -0.2) is 15.0 Å². The second kappa shape index (κ2) is 12.8. The lowest BCUT2D eigenvalue weighted by molar-refractivity contribution is -0.00530. The Hall–Kier alpha value is -4.89. The summed E-state index contributed by atoms with van der Waals surface area (Å²) >= 11 is 0. The molecule has 0 unspecified atom stereocenters. The summed E-state index contributed by atoms with van der Waals surface area (Å²) in [5.41, 5.74) is 11.9. The molecule has 1 aromatic heterocycles. The summed E-state index contributed by atoms with van der Waals surface area (Å²) in [5, 5.41) is 0. The third-order valence-corrected chi connectivity index (χ3v) is 15.6. The van der Waals surface area contributed by atoms with E-state index in [9.17, 15) is 0 Å². The molecule has 0 radical (unpaired) electrons. The molecule has 0 amide bonds. The van der Waals surface area contributed by atoms with Crippen molar-refractivity contribution in [1.82, 2.24) is 15.0 Å². The Balaban J connectivity index is 0.964. The maximum absolute atomic E-state index is 5.19. The van der Waals surface area contributed by atoms with Crippen molar-refractivity contribution < 1.29 is 0 Å². The number of rotatable bonds is 7. The number of aromatic nitrogens is 3. The summed E-state index contributed by atoms with van der Waals surface area (Å²) in [5.74, 6) is 7.74. The molecular formula is C53H51N3. The quantitative estimate of drug-likeness (QED) is 0.164. The number of hydrogen-bond donors (Lipinski definition) is 0. The Kier molecular flexibility index (Phi) is 7.61. The Morgan fingerprint density at radius 2 is 0.607 bits per heavy atom. The highest BCUT2D eigenvalue weighted by Gasteiger charge is 2.52. The van der Waals surface area contributed by atoms with Crippen LogP contribution in [0.4, 0.5) is 0 Å². The fraction of sp³-hybridized carbons (Fsp3) is 0.377. The highest BCUT2D eigenvalue weighted by molar-refractivity contribution is 5.80.